The largest absolute Gasteiger partial charge is 0.394 e. The Morgan fingerprint density at radius 2 is 1.55 bits per heavy atom. The molecule has 0 aromatic rings. The van der Waals surface area contributed by atoms with Gasteiger partial charge in [0.25, 0.3) is 0 Å². The minimum atomic E-state index is -4.13. The molecule has 0 atom stereocenters. The van der Waals surface area contributed by atoms with E-state index in [-0.39, 0.29) is 25.4 Å². The molecule has 0 radical (unpaired) electrons. The van der Waals surface area contributed by atoms with E-state index in [2.05, 4.69) is 0 Å². The van der Waals surface area contributed by atoms with Gasteiger partial charge in [0.05, 0.1) is 5.41 Å². The number of nitrogens with two attached hydrogens (primary N) is 1. The van der Waals surface area contributed by atoms with Crippen molar-refractivity contribution in [1.82, 2.24) is 0 Å². The summed E-state index contributed by atoms with van der Waals surface area (Å²) in [5.74, 6) is 0. The molecule has 0 aliphatic rings. The van der Waals surface area contributed by atoms with Gasteiger partial charge < -0.3 is 5.73 Å². The summed E-state index contributed by atoms with van der Waals surface area (Å²) in [5.41, 5.74) is 3.37. The molecule has 0 fully saturated rings. The van der Waals surface area contributed by atoms with Crippen molar-refractivity contribution in [3.8, 4) is 0 Å². The highest BCUT2D eigenvalue weighted by molar-refractivity contribution is 5.85. The van der Waals surface area contributed by atoms with Gasteiger partial charge in [0.2, 0.25) is 0 Å². The van der Waals surface area contributed by atoms with Crippen LogP contribution in [0.4, 0.5) is 13.2 Å². The Bertz CT molecular complexity index is 111. The first-order valence-electron chi connectivity index (χ1n) is 3.08. The highest BCUT2D eigenvalue weighted by atomic mass is 35.5. The molecule has 11 heavy (non-hydrogen) atoms. The maximum atomic E-state index is 12.0. The van der Waals surface area contributed by atoms with Gasteiger partial charge in [-0.15, -0.1) is 12.4 Å². The normalized spacial score (nSPS) is 12.5. The van der Waals surface area contributed by atoms with E-state index >= 15 is 0 Å². The third kappa shape index (κ3) is 3.82. The van der Waals surface area contributed by atoms with Crippen molar-refractivity contribution < 1.29 is 13.2 Å². The summed E-state index contributed by atoms with van der Waals surface area (Å²) in [4.78, 5) is 0. The summed E-state index contributed by atoms with van der Waals surface area (Å²) in [5, 5.41) is 0. The van der Waals surface area contributed by atoms with Crippen molar-refractivity contribution in [2.45, 2.75) is 26.4 Å². The molecule has 70 valence electrons. The molecule has 0 aromatic heterocycles. The second-order valence-corrected chi connectivity index (χ2v) is 2.92. The molecule has 0 spiro atoms. The lowest BCUT2D eigenvalue weighted by atomic mass is 9.89. The Kier molecular flexibility index (Phi) is 5.15. The molecule has 0 aliphatic carbocycles. The molecule has 0 saturated heterocycles. The van der Waals surface area contributed by atoms with Gasteiger partial charge in [0.15, 0.2) is 0 Å². The van der Waals surface area contributed by atoms with Crippen molar-refractivity contribution in [3.63, 3.8) is 0 Å². The molecule has 0 bridgehead atoms. The van der Waals surface area contributed by atoms with Gasteiger partial charge in [-0.2, -0.15) is 13.2 Å². The topological polar surface area (TPSA) is 26.0 Å². The Balaban J connectivity index is 0. The lowest BCUT2D eigenvalue weighted by molar-refractivity contribution is -0.212. The minimum absolute atomic E-state index is 0. The van der Waals surface area contributed by atoms with E-state index in [0.717, 1.165) is 13.8 Å². The zero-order chi connectivity index (χ0) is 8.41. The summed E-state index contributed by atoms with van der Waals surface area (Å²) >= 11 is 0. The number of alkyl halides is 3. The second kappa shape index (κ2) is 4.16. The molecular formula is C6H13ClF3N. The summed E-state index contributed by atoms with van der Waals surface area (Å²) in [7, 11) is 0. The third-order valence-corrected chi connectivity index (χ3v) is 1.54. The lowest BCUT2D eigenvalue weighted by Crippen LogP contribution is -2.33. The fraction of sp³-hybridized carbons (Fsp3) is 1.00. The first kappa shape index (κ1) is 13.6. The zero-order valence-corrected chi connectivity index (χ0v) is 7.35. The molecule has 0 aliphatic heterocycles. The zero-order valence-electron chi connectivity index (χ0n) is 6.53. The molecule has 0 rings (SSSR count). The molecule has 0 heterocycles. The highest BCUT2D eigenvalue weighted by Gasteiger charge is 2.46. The maximum Gasteiger partial charge on any atom is 0.394 e. The van der Waals surface area contributed by atoms with Crippen LogP contribution in [0.25, 0.3) is 0 Å². The average molecular weight is 192 g/mol. The molecule has 0 amide bonds. The monoisotopic (exact) mass is 191 g/mol. The molecule has 1 nitrogen and oxygen atoms in total. The van der Waals surface area contributed by atoms with Crippen LogP contribution in [0, 0.1) is 5.41 Å². The fourth-order valence-corrected chi connectivity index (χ4v) is 0.503. The molecule has 0 saturated carbocycles. The van der Waals surface area contributed by atoms with Crippen LogP contribution in [0.1, 0.15) is 20.3 Å². The van der Waals surface area contributed by atoms with E-state index in [1.807, 2.05) is 0 Å². The van der Waals surface area contributed by atoms with E-state index in [1.54, 1.807) is 0 Å². The van der Waals surface area contributed by atoms with Crippen LogP contribution >= 0.6 is 12.4 Å². The Morgan fingerprint density at radius 3 is 1.64 bits per heavy atom. The average Bonchev–Trinajstić information content (AvgIpc) is 1.61. The molecule has 2 N–H and O–H groups in total. The van der Waals surface area contributed by atoms with Gasteiger partial charge in [-0.25, -0.2) is 0 Å². The minimum Gasteiger partial charge on any atom is -0.330 e. The van der Waals surface area contributed by atoms with Crippen molar-refractivity contribution >= 4 is 12.4 Å². The van der Waals surface area contributed by atoms with Crippen LogP contribution in [0.3, 0.4) is 0 Å². The molecule has 5 heteroatoms. The predicted molar refractivity (Wildman–Crippen MR) is 40.8 cm³/mol. The van der Waals surface area contributed by atoms with Gasteiger partial charge in [0.1, 0.15) is 0 Å². The molecular weight excluding hydrogens is 179 g/mol. The molecule has 0 aromatic carbocycles. The van der Waals surface area contributed by atoms with Crippen molar-refractivity contribution in [3.05, 3.63) is 0 Å². The number of hydrogen-bond donors (Lipinski definition) is 1. The summed E-state index contributed by atoms with van der Waals surface area (Å²) in [6, 6.07) is 0. The van der Waals surface area contributed by atoms with Crippen LogP contribution in [0.5, 0.6) is 0 Å². The van der Waals surface area contributed by atoms with Crippen LogP contribution in [0.15, 0.2) is 0 Å². The summed E-state index contributed by atoms with van der Waals surface area (Å²) in [6.07, 6.45) is -4.15. The Labute approximate surface area is 70.6 Å². The van der Waals surface area contributed by atoms with Crippen LogP contribution in [-0.4, -0.2) is 12.7 Å². The molecule has 0 unspecified atom stereocenters. The van der Waals surface area contributed by atoms with Gasteiger partial charge in [0, 0.05) is 0 Å². The van der Waals surface area contributed by atoms with Crippen molar-refractivity contribution in [2.75, 3.05) is 6.54 Å². The fourth-order valence-electron chi connectivity index (χ4n) is 0.503. The van der Waals surface area contributed by atoms with Gasteiger partial charge in [-0.1, -0.05) is 13.8 Å². The standard InChI is InChI=1S/C6H12F3N.ClH/c1-5(2,3-4-10)6(7,8)9;/h3-4,10H2,1-2H3;1H. The smallest absolute Gasteiger partial charge is 0.330 e. The first-order chi connectivity index (χ1) is 4.31. The van der Waals surface area contributed by atoms with Gasteiger partial charge in [-0.05, 0) is 13.0 Å². The van der Waals surface area contributed by atoms with E-state index in [1.165, 1.54) is 0 Å². The van der Waals surface area contributed by atoms with Crippen LogP contribution in [0.2, 0.25) is 0 Å². The SMILES string of the molecule is CC(C)(CCN)C(F)(F)F.Cl. The van der Waals surface area contributed by atoms with Crippen molar-refractivity contribution in [1.29, 1.82) is 0 Å². The second-order valence-electron chi connectivity index (χ2n) is 2.92. The van der Waals surface area contributed by atoms with E-state index < -0.39 is 11.6 Å². The number of halogens is 4. The summed E-state index contributed by atoms with van der Waals surface area (Å²) < 4.78 is 35.9. The third-order valence-electron chi connectivity index (χ3n) is 1.54. The van der Waals surface area contributed by atoms with Gasteiger partial charge in [-0.3, -0.25) is 0 Å². The van der Waals surface area contributed by atoms with Gasteiger partial charge >= 0.3 is 6.18 Å². The van der Waals surface area contributed by atoms with Crippen molar-refractivity contribution in [2.24, 2.45) is 11.1 Å². The van der Waals surface area contributed by atoms with Crippen LogP contribution in [-0.2, 0) is 0 Å². The maximum absolute atomic E-state index is 12.0. The predicted octanol–water partition coefficient (Wildman–Crippen LogP) is 2.35. The lowest BCUT2D eigenvalue weighted by Gasteiger charge is -2.26. The highest BCUT2D eigenvalue weighted by Crippen LogP contribution is 2.39. The van der Waals surface area contributed by atoms with E-state index in [9.17, 15) is 13.2 Å². The number of hydrogen-bond acceptors (Lipinski definition) is 1. The van der Waals surface area contributed by atoms with Crippen LogP contribution < -0.4 is 5.73 Å². The quantitative estimate of drug-likeness (QED) is 0.713. The summed E-state index contributed by atoms with van der Waals surface area (Å²) in [6.45, 7) is 2.38. The van der Waals surface area contributed by atoms with E-state index in [4.69, 9.17) is 5.73 Å². The Morgan fingerprint density at radius 1 is 1.18 bits per heavy atom. The Hall–Kier alpha value is 0.0400. The van der Waals surface area contributed by atoms with E-state index in [0.29, 0.717) is 0 Å². The number of rotatable bonds is 2. The first-order valence-corrected chi connectivity index (χ1v) is 3.08.